The normalized spacial score (nSPS) is 9.18. The first-order valence-electron chi connectivity index (χ1n) is 2.87. The summed E-state index contributed by atoms with van der Waals surface area (Å²) in [6, 6.07) is 1.68. The van der Waals surface area contributed by atoms with E-state index in [4.69, 9.17) is 18.2 Å². The van der Waals surface area contributed by atoms with Gasteiger partial charge in [-0.1, -0.05) is 11.6 Å². The summed E-state index contributed by atoms with van der Waals surface area (Å²) in [5.41, 5.74) is 0.875. The van der Waals surface area contributed by atoms with E-state index in [2.05, 4.69) is 25.8 Å². The first kappa shape index (κ1) is 8.51. The third-order valence-electron chi connectivity index (χ3n) is 1.15. The van der Waals surface area contributed by atoms with Crippen LogP contribution in [0, 0.1) is 6.57 Å². The van der Waals surface area contributed by atoms with Crippen LogP contribution in [0.5, 0.6) is 0 Å². The Kier molecular flexibility index (Phi) is 2.86. The Bertz CT molecular complexity index is 306. The summed E-state index contributed by atoms with van der Waals surface area (Å²) in [7, 11) is 0. The zero-order valence-electron chi connectivity index (χ0n) is 5.51. The van der Waals surface area contributed by atoms with Crippen molar-refractivity contribution in [3.63, 3.8) is 0 Å². The van der Waals surface area contributed by atoms with Gasteiger partial charge in [0.1, 0.15) is 5.15 Å². The minimum Gasteiger partial charge on any atom is -0.312 e. The molecule has 2 nitrogen and oxygen atoms in total. The Balaban J connectivity index is 3.05. The minimum atomic E-state index is 0.336. The van der Waals surface area contributed by atoms with E-state index in [9.17, 15) is 0 Å². The molecule has 0 saturated carbocycles. The number of aromatic nitrogens is 1. The molecular formula is C7H4BrClN2. The third kappa shape index (κ3) is 2.18. The Morgan fingerprint density at radius 3 is 3.09 bits per heavy atom. The Morgan fingerprint density at radius 2 is 2.45 bits per heavy atom. The fourth-order valence-electron chi connectivity index (χ4n) is 0.658. The summed E-state index contributed by atoms with van der Waals surface area (Å²) >= 11 is 8.88. The maximum Gasteiger partial charge on any atom is 0.241 e. The summed E-state index contributed by atoms with van der Waals surface area (Å²) in [6.07, 6.45) is 1.60. The molecule has 0 amide bonds. The van der Waals surface area contributed by atoms with Crippen molar-refractivity contribution in [1.29, 1.82) is 0 Å². The van der Waals surface area contributed by atoms with Crippen LogP contribution in [0.1, 0.15) is 5.56 Å². The van der Waals surface area contributed by atoms with Crippen LogP contribution in [-0.4, -0.2) is 4.98 Å². The van der Waals surface area contributed by atoms with Gasteiger partial charge in [0, 0.05) is 16.2 Å². The van der Waals surface area contributed by atoms with Gasteiger partial charge in [0.05, 0.1) is 0 Å². The molecule has 0 bridgehead atoms. The third-order valence-corrected chi connectivity index (χ3v) is 2.07. The molecule has 0 N–H and O–H groups in total. The van der Waals surface area contributed by atoms with Gasteiger partial charge in [0.25, 0.3) is 0 Å². The molecule has 0 unspecified atom stereocenters. The van der Waals surface area contributed by atoms with Crippen molar-refractivity contribution in [3.05, 3.63) is 38.9 Å². The van der Waals surface area contributed by atoms with Gasteiger partial charge in [-0.15, -0.1) is 0 Å². The molecule has 1 aromatic rings. The Labute approximate surface area is 78.2 Å². The van der Waals surface area contributed by atoms with Crippen LogP contribution in [-0.2, 0) is 6.54 Å². The van der Waals surface area contributed by atoms with E-state index in [1.165, 1.54) is 0 Å². The van der Waals surface area contributed by atoms with E-state index < -0.39 is 0 Å². The maximum absolute atomic E-state index is 6.65. The second kappa shape index (κ2) is 3.70. The number of pyridine rings is 1. The first-order valence-corrected chi connectivity index (χ1v) is 4.04. The first-order chi connectivity index (χ1) is 5.24. The van der Waals surface area contributed by atoms with Crippen molar-refractivity contribution in [1.82, 2.24) is 4.98 Å². The molecule has 1 rings (SSSR count). The molecule has 4 heteroatoms. The van der Waals surface area contributed by atoms with Gasteiger partial charge in [0.2, 0.25) is 6.54 Å². The van der Waals surface area contributed by atoms with Crippen molar-refractivity contribution in [2.75, 3.05) is 0 Å². The monoisotopic (exact) mass is 230 g/mol. The molecule has 11 heavy (non-hydrogen) atoms. The molecule has 0 saturated heterocycles. The van der Waals surface area contributed by atoms with Crippen LogP contribution in [0.2, 0.25) is 5.15 Å². The molecule has 0 fully saturated rings. The van der Waals surface area contributed by atoms with E-state index in [1.807, 2.05) is 0 Å². The standard InChI is InChI=1S/C7H4BrClN2/c1-10-3-5-2-7(9)11-4-6(5)8/h2,4H,3H2. The molecular weight excluding hydrogens is 227 g/mol. The second-order valence-corrected chi connectivity index (χ2v) is 3.16. The van der Waals surface area contributed by atoms with Crippen LogP contribution in [0.3, 0.4) is 0 Å². The topological polar surface area (TPSA) is 17.2 Å². The smallest absolute Gasteiger partial charge is 0.241 e. The molecule has 0 aliphatic heterocycles. The summed E-state index contributed by atoms with van der Waals surface area (Å²) in [5.74, 6) is 0. The highest BCUT2D eigenvalue weighted by molar-refractivity contribution is 9.10. The summed E-state index contributed by atoms with van der Waals surface area (Å²) in [6.45, 7) is 6.98. The van der Waals surface area contributed by atoms with Crippen molar-refractivity contribution in [2.45, 2.75) is 6.54 Å². The van der Waals surface area contributed by atoms with Gasteiger partial charge in [-0.05, 0) is 22.0 Å². The largest absolute Gasteiger partial charge is 0.312 e. The maximum atomic E-state index is 6.65. The fraction of sp³-hybridized carbons (Fsp3) is 0.143. The zero-order chi connectivity index (χ0) is 8.27. The molecule has 0 aromatic carbocycles. The summed E-state index contributed by atoms with van der Waals surface area (Å²) < 4.78 is 0.831. The highest BCUT2D eigenvalue weighted by Gasteiger charge is 2.02. The minimum absolute atomic E-state index is 0.336. The van der Waals surface area contributed by atoms with Crippen molar-refractivity contribution in [3.8, 4) is 0 Å². The molecule has 0 radical (unpaired) electrons. The summed E-state index contributed by atoms with van der Waals surface area (Å²) in [5, 5.41) is 0.423. The average molecular weight is 231 g/mol. The van der Waals surface area contributed by atoms with Gasteiger partial charge in [-0.3, -0.25) is 0 Å². The molecule has 1 aromatic heterocycles. The van der Waals surface area contributed by atoms with Gasteiger partial charge in [0.15, 0.2) is 0 Å². The molecule has 1 heterocycles. The van der Waals surface area contributed by atoms with Crippen LogP contribution >= 0.6 is 27.5 Å². The van der Waals surface area contributed by atoms with Gasteiger partial charge < -0.3 is 4.85 Å². The van der Waals surface area contributed by atoms with Gasteiger partial charge in [-0.2, -0.15) is 0 Å². The predicted molar refractivity (Wildman–Crippen MR) is 47.3 cm³/mol. The highest BCUT2D eigenvalue weighted by atomic mass is 79.9. The molecule has 56 valence electrons. The van der Waals surface area contributed by atoms with Crippen molar-refractivity contribution in [2.24, 2.45) is 0 Å². The Hall–Kier alpha value is -0.590. The second-order valence-electron chi connectivity index (χ2n) is 1.91. The lowest BCUT2D eigenvalue weighted by atomic mass is 10.3. The van der Waals surface area contributed by atoms with Crippen LogP contribution in [0.25, 0.3) is 4.85 Å². The van der Waals surface area contributed by atoms with Crippen LogP contribution in [0.4, 0.5) is 0 Å². The lowest BCUT2D eigenvalue weighted by Crippen LogP contribution is -1.84. The average Bonchev–Trinajstić information content (AvgIpc) is 1.98. The molecule has 0 atom stereocenters. The molecule has 0 spiro atoms. The fourth-order valence-corrected chi connectivity index (χ4v) is 1.18. The number of nitrogens with zero attached hydrogens (tertiary/aromatic N) is 2. The van der Waals surface area contributed by atoms with Gasteiger partial charge >= 0.3 is 0 Å². The van der Waals surface area contributed by atoms with E-state index in [0.29, 0.717) is 11.7 Å². The van der Waals surface area contributed by atoms with E-state index in [-0.39, 0.29) is 0 Å². The van der Waals surface area contributed by atoms with Gasteiger partial charge in [-0.25, -0.2) is 11.6 Å². The molecule has 0 aliphatic rings. The van der Waals surface area contributed by atoms with Crippen molar-refractivity contribution >= 4 is 27.5 Å². The van der Waals surface area contributed by atoms with E-state index in [1.54, 1.807) is 12.3 Å². The lowest BCUT2D eigenvalue weighted by Gasteiger charge is -1.95. The van der Waals surface area contributed by atoms with Crippen molar-refractivity contribution < 1.29 is 0 Å². The number of halogens is 2. The molecule has 0 aliphatic carbocycles. The van der Waals surface area contributed by atoms with Crippen LogP contribution in [0.15, 0.2) is 16.7 Å². The highest BCUT2D eigenvalue weighted by Crippen LogP contribution is 2.19. The summed E-state index contributed by atoms with van der Waals surface area (Å²) in [4.78, 5) is 7.08. The predicted octanol–water partition coefficient (Wildman–Crippen LogP) is 2.92. The Morgan fingerprint density at radius 1 is 1.73 bits per heavy atom. The van der Waals surface area contributed by atoms with E-state index >= 15 is 0 Å². The quantitative estimate of drug-likeness (QED) is 0.536. The number of hydrogen-bond donors (Lipinski definition) is 0. The van der Waals surface area contributed by atoms with E-state index in [0.717, 1.165) is 10.0 Å². The number of rotatable bonds is 1. The SMILES string of the molecule is [C-]#[N+]Cc1cc(Cl)ncc1Br. The number of hydrogen-bond acceptors (Lipinski definition) is 1. The van der Waals surface area contributed by atoms with Crippen LogP contribution < -0.4 is 0 Å². The zero-order valence-corrected chi connectivity index (χ0v) is 7.85. The lowest BCUT2D eigenvalue weighted by molar-refractivity contribution is 1.18.